The molecule has 34 heavy (non-hydrogen) atoms. The van der Waals surface area contributed by atoms with Crippen molar-refractivity contribution in [2.24, 2.45) is 0 Å². The average Bonchev–Trinajstić information content (AvgIpc) is 3.26. The summed E-state index contributed by atoms with van der Waals surface area (Å²) in [5.74, 6) is -0.980. The topological polar surface area (TPSA) is 98.2 Å². The fourth-order valence-corrected chi connectivity index (χ4v) is 4.67. The molecule has 1 amide bonds. The number of benzene rings is 3. The van der Waals surface area contributed by atoms with Crippen LogP contribution in [0.3, 0.4) is 0 Å². The molecule has 0 aliphatic carbocycles. The molecular formula is C23H17ClFN4O3S2-. The van der Waals surface area contributed by atoms with Crippen molar-refractivity contribution in [1.82, 2.24) is 14.1 Å². The van der Waals surface area contributed by atoms with Crippen LogP contribution in [0.15, 0.2) is 72.8 Å². The number of carbonyl (C=O) groups is 1. The smallest absolute Gasteiger partial charge is 0.253 e. The van der Waals surface area contributed by atoms with Crippen LogP contribution in [0.5, 0.6) is 0 Å². The van der Waals surface area contributed by atoms with Crippen molar-refractivity contribution in [1.29, 1.82) is 0 Å². The summed E-state index contributed by atoms with van der Waals surface area (Å²) in [7, 11) is 0. The lowest BCUT2D eigenvalue weighted by Crippen LogP contribution is -2.28. The molecule has 0 aliphatic heterocycles. The van der Waals surface area contributed by atoms with E-state index < -0.39 is 23.0 Å². The van der Waals surface area contributed by atoms with Gasteiger partial charge < -0.3 is 9.87 Å². The predicted molar refractivity (Wildman–Crippen MR) is 129 cm³/mol. The van der Waals surface area contributed by atoms with Crippen LogP contribution in [-0.4, -0.2) is 23.4 Å². The van der Waals surface area contributed by atoms with Gasteiger partial charge >= 0.3 is 0 Å². The van der Waals surface area contributed by atoms with Gasteiger partial charge in [0.2, 0.25) is 0 Å². The van der Waals surface area contributed by atoms with Gasteiger partial charge in [0.25, 0.3) is 5.91 Å². The first-order chi connectivity index (χ1) is 16.4. The first-order valence-electron chi connectivity index (χ1n) is 10.00. The Kier molecular flexibility index (Phi) is 7.63. The molecular weight excluding hydrogens is 499 g/mol. The molecule has 11 heteroatoms. The summed E-state index contributed by atoms with van der Waals surface area (Å²) < 4.78 is 48.0. The SMILES string of the molecule is O=C(NCc1ccccc1F)c1ccc(Cl)cc1N(c1nsnc1Cc1ccccc1)S(=O)[O-]. The van der Waals surface area contributed by atoms with Crippen LogP contribution >= 0.6 is 23.3 Å². The maximum Gasteiger partial charge on any atom is 0.253 e. The maximum atomic E-state index is 13.9. The Morgan fingerprint density at radius 1 is 1.09 bits per heavy atom. The number of hydrogen-bond acceptors (Lipinski definition) is 6. The molecule has 0 fully saturated rings. The summed E-state index contributed by atoms with van der Waals surface area (Å²) in [6.45, 7) is -0.0778. The molecule has 1 aromatic heterocycles. The van der Waals surface area contributed by atoms with Gasteiger partial charge in [-0.05, 0) is 29.8 Å². The van der Waals surface area contributed by atoms with Gasteiger partial charge in [-0.3, -0.25) is 13.3 Å². The number of carbonyl (C=O) groups excluding carboxylic acids is 1. The first kappa shape index (κ1) is 24.0. The molecule has 4 aromatic rings. The number of nitrogens with one attached hydrogen (secondary N) is 1. The van der Waals surface area contributed by atoms with E-state index in [0.717, 1.165) is 21.6 Å². The minimum absolute atomic E-state index is 0.00822. The molecule has 1 heterocycles. The lowest BCUT2D eigenvalue weighted by atomic mass is 10.1. The molecule has 174 valence electrons. The van der Waals surface area contributed by atoms with Crippen LogP contribution in [0, 0.1) is 5.82 Å². The lowest BCUT2D eigenvalue weighted by Gasteiger charge is -2.27. The molecule has 7 nitrogen and oxygen atoms in total. The third-order valence-electron chi connectivity index (χ3n) is 4.91. The van der Waals surface area contributed by atoms with Crippen LogP contribution < -0.4 is 9.62 Å². The standard InChI is InChI=1S/C23H18ClFN4O3S2/c24-17-10-11-18(23(30)26-14-16-8-4-5-9-19(16)25)21(13-17)29(34(31)32)22-20(27-33-28-22)12-15-6-2-1-3-7-15/h1-11,13H,12,14H2,(H,26,30)(H,31,32)/p-1. The van der Waals surface area contributed by atoms with Gasteiger partial charge in [-0.2, -0.15) is 8.75 Å². The minimum atomic E-state index is -2.84. The average molecular weight is 516 g/mol. The second kappa shape index (κ2) is 10.8. The van der Waals surface area contributed by atoms with Crippen molar-refractivity contribution in [3.63, 3.8) is 0 Å². The summed E-state index contributed by atoms with van der Waals surface area (Å²) in [6, 6.07) is 19.7. The number of nitrogens with zero attached hydrogens (tertiary/aromatic N) is 3. The maximum absolute atomic E-state index is 13.9. The second-order valence-electron chi connectivity index (χ2n) is 7.14. The van der Waals surface area contributed by atoms with Crippen molar-refractivity contribution in [2.45, 2.75) is 13.0 Å². The quantitative estimate of drug-likeness (QED) is 0.340. The van der Waals surface area contributed by atoms with E-state index in [0.29, 0.717) is 17.7 Å². The highest BCUT2D eigenvalue weighted by Crippen LogP contribution is 2.34. The van der Waals surface area contributed by atoms with Gasteiger partial charge in [-0.15, -0.1) is 0 Å². The summed E-state index contributed by atoms with van der Waals surface area (Å²) in [4.78, 5) is 13.0. The van der Waals surface area contributed by atoms with Crippen molar-refractivity contribution in [2.75, 3.05) is 4.31 Å². The Morgan fingerprint density at radius 2 is 1.82 bits per heavy atom. The lowest BCUT2D eigenvalue weighted by molar-refractivity contribution is 0.0951. The van der Waals surface area contributed by atoms with E-state index in [1.54, 1.807) is 18.2 Å². The Labute approximate surface area is 207 Å². The van der Waals surface area contributed by atoms with Crippen LogP contribution in [0.4, 0.5) is 15.9 Å². The molecule has 0 bridgehead atoms. The van der Waals surface area contributed by atoms with E-state index in [1.165, 1.54) is 24.3 Å². The first-order valence-corrected chi connectivity index (χ1v) is 12.1. The van der Waals surface area contributed by atoms with Crippen LogP contribution in [0.1, 0.15) is 27.2 Å². The van der Waals surface area contributed by atoms with E-state index in [4.69, 9.17) is 11.6 Å². The molecule has 0 saturated carbocycles. The van der Waals surface area contributed by atoms with Crippen molar-refractivity contribution < 1.29 is 17.9 Å². The molecule has 0 aliphatic rings. The van der Waals surface area contributed by atoms with Crippen LogP contribution in [-0.2, 0) is 24.2 Å². The van der Waals surface area contributed by atoms with Gasteiger partial charge in [0.05, 0.1) is 34.2 Å². The molecule has 0 saturated heterocycles. The zero-order valence-electron chi connectivity index (χ0n) is 17.5. The minimum Gasteiger partial charge on any atom is -0.755 e. The number of amides is 1. The Bertz CT molecular complexity index is 1340. The monoisotopic (exact) mass is 515 g/mol. The molecule has 4 rings (SSSR count). The van der Waals surface area contributed by atoms with E-state index in [9.17, 15) is 17.9 Å². The highest BCUT2D eigenvalue weighted by molar-refractivity contribution is 7.81. The molecule has 3 aromatic carbocycles. The van der Waals surface area contributed by atoms with Crippen LogP contribution in [0.2, 0.25) is 5.02 Å². The second-order valence-corrected chi connectivity index (χ2v) is 8.91. The van der Waals surface area contributed by atoms with Crippen molar-refractivity contribution in [3.8, 4) is 0 Å². The van der Waals surface area contributed by atoms with Gasteiger partial charge in [0, 0.05) is 23.6 Å². The van der Waals surface area contributed by atoms with Gasteiger partial charge in [0.15, 0.2) is 5.82 Å². The summed E-state index contributed by atoms with van der Waals surface area (Å²) in [5, 5.41) is 2.85. The molecule has 1 unspecified atom stereocenters. The zero-order valence-corrected chi connectivity index (χ0v) is 19.9. The van der Waals surface area contributed by atoms with E-state index >= 15 is 0 Å². The number of anilines is 2. The molecule has 0 spiro atoms. The van der Waals surface area contributed by atoms with E-state index in [1.807, 2.05) is 30.3 Å². The Hall–Kier alpha value is -3.18. The normalized spacial score (nSPS) is 11.7. The fraction of sp³-hybridized carbons (Fsp3) is 0.0870. The highest BCUT2D eigenvalue weighted by atomic mass is 35.5. The Morgan fingerprint density at radius 3 is 2.56 bits per heavy atom. The van der Waals surface area contributed by atoms with Crippen LogP contribution in [0.25, 0.3) is 0 Å². The highest BCUT2D eigenvalue weighted by Gasteiger charge is 2.24. The largest absolute Gasteiger partial charge is 0.755 e. The summed E-state index contributed by atoms with van der Waals surface area (Å²) >= 11 is 4.17. The number of halogens is 2. The zero-order chi connectivity index (χ0) is 24.1. The predicted octanol–water partition coefficient (Wildman–Crippen LogP) is 4.78. The van der Waals surface area contributed by atoms with E-state index in [-0.39, 0.29) is 28.6 Å². The molecule has 1 N–H and O–H groups in total. The number of rotatable bonds is 8. The van der Waals surface area contributed by atoms with E-state index in [2.05, 4.69) is 14.1 Å². The van der Waals surface area contributed by atoms with Gasteiger partial charge in [-0.1, -0.05) is 60.1 Å². The number of aromatic nitrogens is 2. The molecule has 1 atom stereocenters. The summed E-state index contributed by atoms with van der Waals surface area (Å²) in [6.07, 6.45) is 0.343. The fourth-order valence-electron chi connectivity index (χ4n) is 3.30. The third kappa shape index (κ3) is 5.48. The van der Waals surface area contributed by atoms with Crippen molar-refractivity contribution >= 4 is 52.0 Å². The Balaban J connectivity index is 1.68. The van der Waals surface area contributed by atoms with Gasteiger partial charge in [0.1, 0.15) is 11.5 Å². The van der Waals surface area contributed by atoms with Crippen molar-refractivity contribution in [3.05, 3.63) is 106 Å². The number of hydrogen-bond donors (Lipinski definition) is 1. The summed E-state index contributed by atoms with van der Waals surface area (Å²) in [5.41, 5.74) is 1.68. The molecule has 0 radical (unpaired) electrons. The van der Waals surface area contributed by atoms with Gasteiger partial charge in [-0.25, -0.2) is 4.39 Å². The third-order valence-corrected chi connectivity index (χ3v) is 6.37.